The second-order valence-electron chi connectivity index (χ2n) is 4.60. The number of aromatic nitrogens is 1. The third-order valence-corrected chi connectivity index (χ3v) is 4.58. The lowest BCUT2D eigenvalue weighted by atomic mass is 10.0. The normalized spacial score (nSPS) is 18.5. The Morgan fingerprint density at radius 1 is 1.53 bits per heavy atom. The molecule has 0 unspecified atom stereocenters. The Balaban J connectivity index is 1.94. The summed E-state index contributed by atoms with van der Waals surface area (Å²) in [5.41, 5.74) is 6.60. The Hall–Kier alpha value is -0.650. The number of nitrogens with two attached hydrogens (primary N) is 1. The van der Waals surface area contributed by atoms with Crippen molar-refractivity contribution in [1.29, 1.82) is 0 Å². The van der Waals surface area contributed by atoms with Gasteiger partial charge in [-0.1, -0.05) is 6.92 Å². The van der Waals surface area contributed by atoms with E-state index >= 15 is 0 Å². The molecule has 0 atom stereocenters. The molecule has 0 saturated carbocycles. The molecule has 4 nitrogen and oxygen atoms in total. The summed E-state index contributed by atoms with van der Waals surface area (Å²) >= 11 is 1.70. The molecule has 2 heterocycles. The third kappa shape index (κ3) is 2.97. The minimum absolute atomic E-state index is 0.540. The number of thiazole rings is 1. The van der Waals surface area contributed by atoms with Crippen LogP contribution in [-0.4, -0.2) is 42.6 Å². The summed E-state index contributed by atoms with van der Waals surface area (Å²) in [5.74, 6) is 0. The average Bonchev–Trinajstić information content (AvgIpc) is 2.87. The number of nitrogens with zero attached hydrogens (tertiary/aromatic N) is 3. The van der Waals surface area contributed by atoms with E-state index in [1.807, 2.05) is 0 Å². The monoisotopic (exact) mass is 254 g/mol. The molecular formula is C12H22N4S. The van der Waals surface area contributed by atoms with E-state index in [-0.39, 0.29) is 0 Å². The highest BCUT2D eigenvalue weighted by Gasteiger charge is 2.23. The zero-order valence-corrected chi connectivity index (χ0v) is 11.5. The van der Waals surface area contributed by atoms with Crippen molar-refractivity contribution in [2.24, 2.45) is 5.73 Å². The van der Waals surface area contributed by atoms with Crippen LogP contribution in [0.4, 0.5) is 5.13 Å². The van der Waals surface area contributed by atoms with Gasteiger partial charge in [0.25, 0.3) is 0 Å². The van der Waals surface area contributed by atoms with Gasteiger partial charge in [-0.3, -0.25) is 0 Å². The van der Waals surface area contributed by atoms with E-state index in [9.17, 15) is 0 Å². The predicted octanol–water partition coefficient (Wildman–Crippen LogP) is 1.52. The van der Waals surface area contributed by atoms with Crippen LogP contribution < -0.4 is 10.6 Å². The van der Waals surface area contributed by atoms with Gasteiger partial charge in [0, 0.05) is 38.1 Å². The van der Waals surface area contributed by atoms with Crippen molar-refractivity contribution < 1.29 is 0 Å². The first-order valence-corrected chi connectivity index (χ1v) is 7.22. The minimum Gasteiger partial charge on any atom is -0.348 e. The average molecular weight is 254 g/mol. The lowest BCUT2D eigenvalue weighted by Gasteiger charge is -2.36. The largest absolute Gasteiger partial charge is 0.348 e. The number of rotatable bonds is 4. The van der Waals surface area contributed by atoms with Gasteiger partial charge in [-0.25, -0.2) is 4.98 Å². The molecule has 0 radical (unpaired) electrons. The summed E-state index contributed by atoms with van der Waals surface area (Å²) in [7, 11) is 2.16. The van der Waals surface area contributed by atoms with Crippen LogP contribution in [0.5, 0.6) is 0 Å². The van der Waals surface area contributed by atoms with Crippen molar-refractivity contribution in [1.82, 2.24) is 9.88 Å². The van der Waals surface area contributed by atoms with Gasteiger partial charge in [0.05, 0.1) is 5.69 Å². The quantitative estimate of drug-likeness (QED) is 0.885. The van der Waals surface area contributed by atoms with Crippen LogP contribution in [0.2, 0.25) is 0 Å². The number of anilines is 1. The maximum absolute atomic E-state index is 5.60. The molecule has 2 N–H and O–H groups in total. The van der Waals surface area contributed by atoms with Crippen LogP contribution >= 0.6 is 11.3 Å². The smallest absolute Gasteiger partial charge is 0.185 e. The molecule has 1 aromatic heterocycles. The van der Waals surface area contributed by atoms with Crippen LogP contribution in [0.25, 0.3) is 0 Å². The maximum Gasteiger partial charge on any atom is 0.185 e. The summed E-state index contributed by atoms with van der Waals surface area (Å²) in [4.78, 5) is 9.39. The Kier molecular flexibility index (Phi) is 4.36. The maximum atomic E-state index is 5.60. The van der Waals surface area contributed by atoms with Crippen molar-refractivity contribution >= 4 is 16.5 Å². The standard InChI is InChI=1S/C12H22N4S/c1-3-16-6-4-11(5-7-16)15(2)12-14-10(8-13)9-17-12/h9,11H,3-8,13H2,1-2H3. The minimum atomic E-state index is 0.540. The fraction of sp³-hybridized carbons (Fsp3) is 0.750. The van der Waals surface area contributed by atoms with Crippen LogP contribution in [0.15, 0.2) is 5.38 Å². The van der Waals surface area contributed by atoms with Crippen molar-refractivity contribution in [2.45, 2.75) is 32.4 Å². The lowest BCUT2D eigenvalue weighted by Crippen LogP contribution is -2.43. The van der Waals surface area contributed by atoms with E-state index in [2.05, 4.69) is 34.1 Å². The van der Waals surface area contributed by atoms with Crippen molar-refractivity contribution in [3.05, 3.63) is 11.1 Å². The van der Waals surface area contributed by atoms with Gasteiger partial charge >= 0.3 is 0 Å². The second-order valence-corrected chi connectivity index (χ2v) is 5.44. The molecule has 0 spiro atoms. The molecule has 1 aromatic rings. The van der Waals surface area contributed by atoms with Crippen LogP contribution in [0, 0.1) is 0 Å². The number of hydrogen-bond donors (Lipinski definition) is 1. The highest BCUT2D eigenvalue weighted by Crippen LogP contribution is 2.25. The fourth-order valence-electron chi connectivity index (χ4n) is 2.33. The van der Waals surface area contributed by atoms with E-state index in [1.54, 1.807) is 11.3 Å². The zero-order valence-electron chi connectivity index (χ0n) is 10.7. The zero-order chi connectivity index (χ0) is 12.3. The van der Waals surface area contributed by atoms with Gasteiger partial charge in [-0.15, -0.1) is 11.3 Å². The molecule has 0 aromatic carbocycles. The summed E-state index contributed by atoms with van der Waals surface area (Å²) in [6, 6.07) is 0.634. The molecule has 96 valence electrons. The molecule has 5 heteroatoms. The highest BCUT2D eigenvalue weighted by molar-refractivity contribution is 7.13. The Bertz CT molecular complexity index is 344. The van der Waals surface area contributed by atoms with Gasteiger partial charge in [-0.05, 0) is 19.4 Å². The first-order chi connectivity index (χ1) is 8.24. The first-order valence-electron chi connectivity index (χ1n) is 6.34. The SMILES string of the molecule is CCN1CCC(N(C)c2nc(CN)cs2)CC1. The van der Waals surface area contributed by atoms with E-state index in [4.69, 9.17) is 5.73 Å². The molecule has 0 aliphatic carbocycles. The molecular weight excluding hydrogens is 232 g/mol. The topological polar surface area (TPSA) is 45.4 Å². The molecule has 1 fully saturated rings. The van der Waals surface area contributed by atoms with Crippen molar-refractivity contribution in [3.8, 4) is 0 Å². The summed E-state index contributed by atoms with van der Waals surface area (Å²) < 4.78 is 0. The Labute approximate surface area is 107 Å². The molecule has 1 saturated heterocycles. The molecule has 0 amide bonds. The number of hydrogen-bond acceptors (Lipinski definition) is 5. The van der Waals surface area contributed by atoms with E-state index < -0.39 is 0 Å². The van der Waals surface area contributed by atoms with Crippen molar-refractivity contribution in [2.75, 3.05) is 31.6 Å². The third-order valence-electron chi connectivity index (χ3n) is 3.60. The van der Waals surface area contributed by atoms with Crippen molar-refractivity contribution in [3.63, 3.8) is 0 Å². The Morgan fingerprint density at radius 2 is 2.24 bits per heavy atom. The summed E-state index contributed by atoms with van der Waals surface area (Å²) in [6.45, 7) is 6.36. The lowest BCUT2D eigenvalue weighted by molar-refractivity contribution is 0.221. The predicted molar refractivity (Wildman–Crippen MR) is 73.5 cm³/mol. The van der Waals surface area contributed by atoms with Crippen LogP contribution in [0.1, 0.15) is 25.5 Å². The second kappa shape index (κ2) is 5.80. The molecule has 0 bridgehead atoms. The Morgan fingerprint density at radius 3 is 2.76 bits per heavy atom. The number of likely N-dealkylation sites (tertiary alicyclic amines) is 1. The van der Waals surface area contributed by atoms with E-state index in [1.165, 1.54) is 32.5 Å². The number of piperidine rings is 1. The van der Waals surface area contributed by atoms with Gasteiger partial charge < -0.3 is 15.5 Å². The molecule has 1 aliphatic heterocycles. The van der Waals surface area contributed by atoms with E-state index in [0.29, 0.717) is 12.6 Å². The van der Waals surface area contributed by atoms with Gasteiger partial charge in [-0.2, -0.15) is 0 Å². The highest BCUT2D eigenvalue weighted by atomic mass is 32.1. The van der Waals surface area contributed by atoms with Gasteiger partial charge in [0.2, 0.25) is 0 Å². The van der Waals surface area contributed by atoms with Crippen LogP contribution in [-0.2, 0) is 6.54 Å². The summed E-state index contributed by atoms with van der Waals surface area (Å²) in [5, 5.41) is 3.17. The van der Waals surface area contributed by atoms with Gasteiger partial charge in [0.1, 0.15) is 0 Å². The van der Waals surface area contributed by atoms with E-state index in [0.717, 1.165) is 10.8 Å². The molecule has 1 aliphatic rings. The van der Waals surface area contributed by atoms with Gasteiger partial charge in [0.15, 0.2) is 5.13 Å². The first kappa shape index (κ1) is 12.8. The fourth-order valence-corrected chi connectivity index (χ4v) is 3.21. The molecule has 2 rings (SSSR count). The molecule has 17 heavy (non-hydrogen) atoms. The summed E-state index contributed by atoms with van der Waals surface area (Å²) in [6.07, 6.45) is 2.48. The van der Waals surface area contributed by atoms with Crippen LogP contribution in [0.3, 0.4) is 0 Å².